The van der Waals surface area contributed by atoms with Crippen molar-refractivity contribution < 1.29 is 4.92 Å². The van der Waals surface area contributed by atoms with E-state index in [-0.39, 0.29) is 10.6 Å². The van der Waals surface area contributed by atoms with E-state index in [0.29, 0.717) is 11.0 Å². The van der Waals surface area contributed by atoms with Crippen LogP contribution in [-0.4, -0.2) is 16.5 Å². The maximum absolute atomic E-state index is 10.9. The first-order valence-corrected chi connectivity index (χ1v) is 6.62. The largest absolute Gasteiger partial charge is 0.350 e. The van der Waals surface area contributed by atoms with E-state index in [2.05, 4.69) is 21.2 Å². The van der Waals surface area contributed by atoms with Gasteiger partial charge in [0.25, 0.3) is 5.69 Å². The smallest absolute Gasteiger partial charge is 0.283 e. The maximum atomic E-state index is 10.9. The molecule has 1 heterocycles. The Kier molecular flexibility index (Phi) is 4.34. The minimum Gasteiger partial charge on any atom is -0.350 e. The Hall–Kier alpha value is -1.66. The van der Waals surface area contributed by atoms with E-state index in [1.165, 1.54) is 11.6 Å². The monoisotopic (exact) mass is 323 g/mol. The van der Waals surface area contributed by atoms with Crippen LogP contribution >= 0.6 is 15.9 Å². The molecule has 19 heavy (non-hydrogen) atoms. The summed E-state index contributed by atoms with van der Waals surface area (Å²) in [4.78, 5) is 10.5. The molecule has 100 valence electrons. The van der Waals surface area contributed by atoms with Gasteiger partial charge in [-0.3, -0.25) is 10.1 Å². The second-order valence-electron chi connectivity index (χ2n) is 4.23. The third kappa shape index (κ3) is 3.21. The molecule has 0 radical (unpaired) electrons. The molecule has 1 N–H and O–H groups in total. The van der Waals surface area contributed by atoms with E-state index in [1.54, 1.807) is 6.07 Å². The molecule has 2 rings (SSSR count). The van der Waals surface area contributed by atoms with Crippen molar-refractivity contribution in [3.63, 3.8) is 0 Å². The number of rotatable bonds is 5. The Morgan fingerprint density at radius 3 is 2.89 bits per heavy atom. The van der Waals surface area contributed by atoms with Gasteiger partial charge in [-0.2, -0.15) is 0 Å². The van der Waals surface area contributed by atoms with Gasteiger partial charge in [0, 0.05) is 31.5 Å². The number of nitro groups is 1. The third-order valence-corrected chi connectivity index (χ3v) is 3.72. The number of hydrogen-bond donors (Lipinski definition) is 1. The lowest BCUT2D eigenvalue weighted by atomic mass is 10.2. The molecule has 1 aromatic carbocycles. The van der Waals surface area contributed by atoms with Crippen LogP contribution < -0.4 is 5.32 Å². The molecule has 0 aliphatic rings. The van der Waals surface area contributed by atoms with Crippen LogP contribution in [0.15, 0.2) is 41.1 Å². The second kappa shape index (κ2) is 5.99. The quantitative estimate of drug-likeness (QED) is 0.679. The summed E-state index contributed by atoms with van der Waals surface area (Å²) in [7, 11) is 1.90. The van der Waals surface area contributed by atoms with Crippen molar-refractivity contribution in [3.8, 4) is 0 Å². The first kappa shape index (κ1) is 13.8. The highest BCUT2D eigenvalue weighted by atomic mass is 79.9. The lowest BCUT2D eigenvalue weighted by Gasteiger charge is -2.06. The summed E-state index contributed by atoms with van der Waals surface area (Å²) in [5.41, 5.74) is 2.17. The Labute approximate surface area is 119 Å². The highest BCUT2D eigenvalue weighted by Gasteiger charge is 2.14. The van der Waals surface area contributed by atoms with E-state index >= 15 is 0 Å². The number of nitrogens with one attached hydrogen (secondary N) is 1. The molecule has 0 atom stereocenters. The highest BCUT2D eigenvalue weighted by molar-refractivity contribution is 9.10. The Bertz CT molecular complexity index is 595. The van der Waals surface area contributed by atoms with Crippen LogP contribution in [0.3, 0.4) is 0 Å². The maximum Gasteiger partial charge on any atom is 0.283 e. The predicted octanol–water partition coefficient (Wildman–Crippen LogP) is 2.93. The van der Waals surface area contributed by atoms with E-state index in [4.69, 9.17) is 0 Å². The van der Waals surface area contributed by atoms with Gasteiger partial charge in [-0.25, -0.2) is 0 Å². The van der Waals surface area contributed by atoms with Crippen molar-refractivity contribution >= 4 is 21.6 Å². The number of hydrogen-bond acceptors (Lipinski definition) is 3. The summed E-state index contributed by atoms with van der Waals surface area (Å²) in [6.45, 7) is 1.41. The van der Waals surface area contributed by atoms with Gasteiger partial charge in [-0.05, 0) is 40.2 Å². The summed E-state index contributed by atoms with van der Waals surface area (Å²) in [5.74, 6) is 0. The summed E-state index contributed by atoms with van der Waals surface area (Å²) in [6.07, 6.45) is 4.00. The van der Waals surface area contributed by atoms with Crippen molar-refractivity contribution in [1.82, 2.24) is 9.88 Å². The summed E-state index contributed by atoms with van der Waals surface area (Å²) in [5, 5.41) is 14.0. The minimum absolute atomic E-state index is 0.0973. The molecule has 0 aliphatic heterocycles. The number of nitrogens with zero attached hydrogens (tertiary/aromatic N) is 2. The molecule has 0 amide bonds. The normalized spacial score (nSPS) is 10.6. The zero-order valence-corrected chi connectivity index (χ0v) is 12.1. The van der Waals surface area contributed by atoms with E-state index in [9.17, 15) is 10.1 Å². The molecular weight excluding hydrogens is 310 g/mol. The van der Waals surface area contributed by atoms with Crippen molar-refractivity contribution in [2.45, 2.75) is 13.1 Å². The molecule has 0 spiro atoms. The standard InChI is InChI=1S/C13H14BrN3O2/c1-15-7-10-5-6-16(8-10)9-11-3-2-4-12(13(11)14)17(18)19/h2-6,8,15H,7,9H2,1H3. The van der Waals surface area contributed by atoms with Gasteiger partial charge >= 0.3 is 0 Å². The van der Waals surface area contributed by atoms with E-state index in [0.717, 1.165) is 12.1 Å². The van der Waals surface area contributed by atoms with Crippen molar-refractivity contribution in [1.29, 1.82) is 0 Å². The molecule has 1 aromatic heterocycles. The van der Waals surface area contributed by atoms with Crippen LogP contribution in [0.4, 0.5) is 5.69 Å². The van der Waals surface area contributed by atoms with Crippen LogP contribution in [0.25, 0.3) is 0 Å². The molecule has 0 aliphatic carbocycles. The molecule has 0 fully saturated rings. The van der Waals surface area contributed by atoms with Crippen LogP contribution in [0, 0.1) is 10.1 Å². The summed E-state index contributed by atoms with van der Waals surface area (Å²) < 4.78 is 2.56. The Morgan fingerprint density at radius 1 is 1.42 bits per heavy atom. The molecule has 5 nitrogen and oxygen atoms in total. The van der Waals surface area contributed by atoms with E-state index in [1.807, 2.05) is 36.1 Å². The summed E-state index contributed by atoms with van der Waals surface area (Å²) in [6, 6.07) is 7.11. The van der Waals surface area contributed by atoms with Crippen LogP contribution in [-0.2, 0) is 13.1 Å². The average molecular weight is 324 g/mol. The number of halogens is 1. The first-order chi connectivity index (χ1) is 9.11. The topological polar surface area (TPSA) is 60.1 Å². The molecular formula is C13H14BrN3O2. The zero-order chi connectivity index (χ0) is 13.8. The van der Waals surface area contributed by atoms with Crippen molar-refractivity contribution in [2.24, 2.45) is 0 Å². The molecule has 0 bridgehead atoms. The third-order valence-electron chi connectivity index (χ3n) is 2.80. The van der Waals surface area contributed by atoms with Gasteiger partial charge in [0.15, 0.2) is 0 Å². The van der Waals surface area contributed by atoms with Crippen LogP contribution in [0.5, 0.6) is 0 Å². The average Bonchev–Trinajstić information content (AvgIpc) is 2.79. The molecule has 0 unspecified atom stereocenters. The predicted molar refractivity (Wildman–Crippen MR) is 77.1 cm³/mol. The van der Waals surface area contributed by atoms with Gasteiger partial charge in [0.1, 0.15) is 4.47 Å². The minimum atomic E-state index is -0.379. The molecule has 0 saturated carbocycles. The Balaban J connectivity index is 2.23. The molecule has 2 aromatic rings. The lowest BCUT2D eigenvalue weighted by Crippen LogP contribution is -2.04. The molecule has 6 heteroatoms. The van der Waals surface area contributed by atoms with Crippen molar-refractivity contribution in [3.05, 3.63) is 62.4 Å². The van der Waals surface area contributed by atoms with Crippen LogP contribution in [0.1, 0.15) is 11.1 Å². The van der Waals surface area contributed by atoms with Gasteiger partial charge in [0.2, 0.25) is 0 Å². The lowest BCUT2D eigenvalue weighted by molar-refractivity contribution is -0.385. The number of nitro benzene ring substituents is 1. The van der Waals surface area contributed by atoms with Gasteiger partial charge < -0.3 is 9.88 Å². The summed E-state index contributed by atoms with van der Waals surface area (Å²) >= 11 is 3.31. The Morgan fingerprint density at radius 2 is 2.21 bits per heavy atom. The van der Waals surface area contributed by atoms with Gasteiger partial charge in [0.05, 0.1) is 4.92 Å². The second-order valence-corrected chi connectivity index (χ2v) is 5.02. The SMILES string of the molecule is CNCc1ccn(Cc2cccc([N+](=O)[O-])c2Br)c1. The van der Waals surface area contributed by atoms with Crippen molar-refractivity contribution in [2.75, 3.05) is 7.05 Å². The fourth-order valence-corrected chi connectivity index (χ4v) is 2.46. The fraction of sp³-hybridized carbons (Fsp3) is 0.231. The fourth-order valence-electron chi connectivity index (χ4n) is 1.92. The van der Waals surface area contributed by atoms with Gasteiger partial charge in [-0.15, -0.1) is 0 Å². The number of benzene rings is 1. The van der Waals surface area contributed by atoms with Gasteiger partial charge in [-0.1, -0.05) is 12.1 Å². The number of aromatic nitrogens is 1. The first-order valence-electron chi connectivity index (χ1n) is 5.83. The van der Waals surface area contributed by atoms with E-state index < -0.39 is 0 Å². The van der Waals surface area contributed by atoms with Crippen LogP contribution in [0.2, 0.25) is 0 Å². The zero-order valence-electron chi connectivity index (χ0n) is 10.5. The molecule has 0 saturated heterocycles. The highest BCUT2D eigenvalue weighted by Crippen LogP contribution is 2.28.